The lowest BCUT2D eigenvalue weighted by atomic mass is 9.88. The minimum Gasteiger partial charge on any atom is -0.406 e. The van der Waals surface area contributed by atoms with Crippen LogP contribution in [0.5, 0.6) is 5.75 Å². The molecule has 1 heterocycles. The van der Waals surface area contributed by atoms with Crippen molar-refractivity contribution in [2.75, 3.05) is 22.9 Å². The summed E-state index contributed by atoms with van der Waals surface area (Å²) in [5.41, 5.74) is 0.0857. The zero-order valence-electron chi connectivity index (χ0n) is 23.2. The molecule has 1 saturated carbocycles. The average molecular weight is 596 g/mol. The number of benzene rings is 2. The molecule has 0 radical (unpaired) electrons. The summed E-state index contributed by atoms with van der Waals surface area (Å²) in [4.78, 5) is 4.78. The van der Waals surface area contributed by atoms with Gasteiger partial charge in [-0.25, -0.2) is 0 Å². The van der Waals surface area contributed by atoms with E-state index < -0.39 is 23.9 Å². The van der Waals surface area contributed by atoms with Crippen LogP contribution in [0.1, 0.15) is 61.3 Å². The summed E-state index contributed by atoms with van der Waals surface area (Å²) in [7, 11) is 1.51. The van der Waals surface area contributed by atoms with Gasteiger partial charge in [0.2, 0.25) is 0 Å². The fourth-order valence-corrected chi connectivity index (χ4v) is 5.31. The molecule has 0 saturated heterocycles. The zero-order chi connectivity index (χ0) is 30.5. The van der Waals surface area contributed by atoms with E-state index in [1.165, 1.54) is 41.4 Å². The molecule has 42 heavy (non-hydrogen) atoms. The van der Waals surface area contributed by atoms with E-state index in [9.17, 15) is 31.6 Å². The minimum absolute atomic E-state index is 0.0526. The van der Waals surface area contributed by atoms with Gasteiger partial charge in [0.25, 0.3) is 5.95 Å². The number of tetrazole rings is 1. The maximum Gasteiger partial charge on any atom is 0.573 e. The van der Waals surface area contributed by atoms with E-state index in [4.69, 9.17) is 0 Å². The van der Waals surface area contributed by atoms with Gasteiger partial charge < -0.3 is 14.5 Å². The van der Waals surface area contributed by atoms with Gasteiger partial charge in [-0.3, -0.25) is 0 Å². The predicted molar refractivity (Wildman–Crippen MR) is 142 cm³/mol. The maximum atomic E-state index is 13.6. The van der Waals surface area contributed by atoms with E-state index >= 15 is 0 Å². The van der Waals surface area contributed by atoms with Crippen molar-refractivity contribution >= 4 is 11.6 Å². The van der Waals surface area contributed by atoms with Crippen molar-refractivity contribution in [3.63, 3.8) is 0 Å². The number of nitrogens with zero attached hydrogens (tertiary/aromatic N) is 7. The van der Waals surface area contributed by atoms with E-state index in [1.54, 1.807) is 12.1 Å². The average Bonchev–Trinajstić information content (AvgIpc) is 3.37. The molecule has 0 N–H and O–H groups in total. The van der Waals surface area contributed by atoms with Crippen LogP contribution >= 0.6 is 0 Å². The fourth-order valence-electron chi connectivity index (χ4n) is 5.31. The third-order valence-corrected chi connectivity index (χ3v) is 7.17. The van der Waals surface area contributed by atoms with Gasteiger partial charge in [0, 0.05) is 31.9 Å². The highest BCUT2D eigenvalue weighted by Crippen LogP contribution is 2.34. The first-order valence-corrected chi connectivity index (χ1v) is 13.6. The van der Waals surface area contributed by atoms with Crippen LogP contribution in [-0.4, -0.2) is 39.7 Å². The highest BCUT2D eigenvalue weighted by molar-refractivity contribution is 5.58. The molecule has 0 amide bonds. The summed E-state index contributed by atoms with van der Waals surface area (Å²) in [6.45, 7) is 3.01. The van der Waals surface area contributed by atoms with Gasteiger partial charge in [0.15, 0.2) is 0 Å². The van der Waals surface area contributed by atoms with Gasteiger partial charge in [-0.2, -0.15) is 23.2 Å². The Balaban J connectivity index is 1.74. The molecule has 14 heteroatoms. The molecule has 0 bridgehead atoms. The van der Waals surface area contributed by atoms with Crippen LogP contribution in [0.15, 0.2) is 36.4 Å². The first-order valence-electron chi connectivity index (χ1n) is 13.6. The van der Waals surface area contributed by atoms with Crippen molar-refractivity contribution in [2.45, 2.75) is 64.7 Å². The number of rotatable bonds is 10. The summed E-state index contributed by atoms with van der Waals surface area (Å²) >= 11 is 0. The Morgan fingerprint density at radius 1 is 1.00 bits per heavy atom. The second kappa shape index (κ2) is 12.9. The smallest absolute Gasteiger partial charge is 0.406 e. The quantitative estimate of drug-likeness (QED) is 0.244. The van der Waals surface area contributed by atoms with Gasteiger partial charge in [-0.05, 0) is 78.4 Å². The molecular formula is C28H31F6N7O. The SMILES string of the molecule is CCN(CC1CCCCC1)c1ccc(OC(F)(F)F)cc1CN(Cc1cc(C#N)cc(C(F)(F)F)c1)c1nnn(C)n1. The Hall–Kier alpha value is -4.02. The first kappa shape index (κ1) is 30.9. The Kier molecular flexibility index (Phi) is 9.48. The standard InChI is InChI=1S/C28H31F6N7O/c1-3-40(16-19-7-5-4-6-8-19)25-10-9-24(42-28(32,33)34)14-22(25)18-41(26-36-38-39(2)37-26)17-21-11-20(15-35)12-23(13-21)27(29,30)31/h9-14,19H,3-8,16-18H2,1-2H3. The number of hydrogen-bond acceptors (Lipinski definition) is 7. The van der Waals surface area contributed by atoms with E-state index in [0.29, 0.717) is 30.3 Å². The molecule has 3 aromatic rings. The Labute approximate surface area is 239 Å². The van der Waals surface area contributed by atoms with Crippen LogP contribution in [-0.2, 0) is 26.3 Å². The number of aryl methyl sites for hydroxylation is 1. The van der Waals surface area contributed by atoms with Crippen LogP contribution in [0, 0.1) is 17.2 Å². The van der Waals surface area contributed by atoms with Crippen molar-refractivity contribution in [2.24, 2.45) is 13.0 Å². The zero-order valence-corrected chi connectivity index (χ0v) is 23.2. The topological polar surface area (TPSA) is 83.1 Å². The molecule has 0 spiro atoms. The van der Waals surface area contributed by atoms with Crippen LogP contribution in [0.3, 0.4) is 0 Å². The number of anilines is 2. The molecule has 8 nitrogen and oxygen atoms in total. The second-order valence-electron chi connectivity index (χ2n) is 10.3. The van der Waals surface area contributed by atoms with Gasteiger partial charge >= 0.3 is 12.5 Å². The second-order valence-corrected chi connectivity index (χ2v) is 10.3. The maximum absolute atomic E-state index is 13.6. The third-order valence-electron chi connectivity index (χ3n) is 7.17. The van der Waals surface area contributed by atoms with E-state index in [0.717, 1.165) is 37.8 Å². The van der Waals surface area contributed by atoms with Gasteiger partial charge in [-0.15, -0.1) is 18.3 Å². The molecular weight excluding hydrogens is 564 g/mol. The minimum atomic E-state index is -4.91. The first-order chi connectivity index (χ1) is 19.8. The lowest BCUT2D eigenvalue weighted by molar-refractivity contribution is -0.274. The van der Waals surface area contributed by atoms with Crippen molar-refractivity contribution in [1.29, 1.82) is 5.26 Å². The Bertz CT molecular complexity index is 1390. The number of halogens is 6. The Morgan fingerprint density at radius 3 is 2.33 bits per heavy atom. The normalized spacial score (nSPS) is 14.5. The van der Waals surface area contributed by atoms with Crippen molar-refractivity contribution in [3.05, 3.63) is 58.7 Å². The number of alkyl halides is 6. The number of nitriles is 1. The molecule has 1 fully saturated rings. The number of aromatic nitrogens is 4. The molecule has 0 aliphatic heterocycles. The van der Waals surface area contributed by atoms with Gasteiger partial charge in [-0.1, -0.05) is 24.4 Å². The third kappa shape index (κ3) is 8.27. The summed E-state index contributed by atoms with van der Waals surface area (Å²) in [6.07, 6.45) is -4.04. The molecule has 226 valence electrons. The molecule has 1 aliphatic rings. The highest BCUT2D eigenvalue weighted by Gasteiger charge is 2.33. The van der Waals surface area contributed by atoms with Crippen molar-refractivity contribution in [3.8, 4) is 11.8 Å². The summed E-state index contributed by atoms with van der Waals surface area (Å²) in [5.74, 6) is 0.0645. The predicted octanol–water partition coefficient (Wildman–Crippen LogP) is 6.61. The highest BCUT2D eigenvalue weighted by atomic mass is 19.4. The van der Waals surface area contributed by atoms with Crippen LogP contribution in [0.4, 0.5) is 38.0 Å². The molecule has 0 atom stereocenters. The molecule has 1 aromatic heterocycles. The van der Waals surface area contributed by atoms with Gasteiger partial charge in [0.1, 0.15) is 5.75 Å². The monoisotopic (exact) mass is 595 g/mol. The molecule has 1 aliphatic carbocycles. The Morgan fingerprint density at radius 2 is 1.74 bits per heavy atom. The summed E-state index contributed by atoms with van der Waals surface area (Å²) in [5, 5.41) is 21.4. The lowest BCUT2D eigenvalue weighted by Crippen LogP contribution is -2.32. The molecule has 2 aromatic carbocycles. The van der Waals surface area contributed by atoms with Crippen molar-refractivity contribution in [1.82, 2.24) is 20.2 Å². The number of ether oxygens (including phenoxy) is 1. The number of hydrogen-bond donors (Lipinski definition) is 0. The molecule has 4 rings (SSSR count). The summed E-state index contributed by atoms with van der Waals surface area (Å²) in [6, 6.07) is 8.87. The van der Waals surface area contributed by atoms with E-state index in [2.05, 4.69) is 25.0 Å². The van der Waals surface area contributed by atoms with Crippen LogP contribution in [0.25, 0.3) is 0 Å². The largest absolute Gasteiger partial charge is 0.573 e. The van der Waals surface area contributed by atoms with E-state index in [1.807, 2.05) is 6.92 Å². The van der Waals surface area contributed by atoms with Gasteiger partial charge in [0.05, 0.1) is 24.2 Å². The lowest BCUT2D eigenvalue weighted by Gasteiger charge is -2.33. The summed E-state index contributed by atoms with van der Waals surface area (Å²) < 4.78 is 84.3. The van der Waals surface area contributed by atoms with Crippen molar-refractivity contribution < 1.29 is 31.1 Å². The van der Waals surface area contributed by atoms with Crippen LogP contribution in [0.2, 0.25) is 0 Å². The fraction of sp³-hybridized carbons (Fsp3) is 0.500. The molecule has 0 unspecified atom stereocenters. The van der Waals surface area contributed by atoms with Crippen LogP contribution < -0.4 is 14.5 Å². The van der Waals surface area contributed by atoms with E-state index in [-0.39, 0.29) is 30.2 Å².